The molecule has 0 aromatic heterocycles. The summed E-state index contributed by atoms with van der Waals surface area (Å²) in [6.07, 6.45) is 4.13. The third-order valence-corrected chi connectivity index (χ3v) is 4.87. The van der Waals surface area contributed by atoms with E-state index in [4.69, 9.17) is 14.3 Å². The normalized spacial score (nSPS) is 17.7. The Morgan fingerprint density at radius 1 is 0.750 bits per heavy atom. The number of benzene rings is 2. The van der Waals surface area contributed by atoms with Crippen LogP contribution < -0.4 is 9.47 Å². The van der Waals surface area contributed by atoms with Gasteiger partial charge in [0.1, 0.15) is 41.0 Å². The molecule has 4 rings (SSSR count). The molecule has 28 heavy (non-hydrogen) atoms. The molecule has 0 spiro atoms. The predicted molar refractivity (Wildman–Crippen MR) is 109 cm³/mol. The van der Waals surface area contributed by atoms with Gasteiger partial charge in [0.25, 0.3) is 0 Å². The molecule has 0 aliphatic carbocycles. The van der Waals surface area contributed by atoms with Gasteiger partial charge in [-0.05, 0) is 76.6 Å². The van der Waals surface area contributed by atoms with E-state index in [2.05, 4.69) is 27.7 Å². The number of hydrogen-bond donors (Lipinski definition) is 2. The minimum absolute atomic E-state index is 0.0964. The standard InChI is InChI=1S/2C11H14O2.CH2O/c2*1-11(2)6-5-8-3-4-9(12)7-10(8)13-11;1-2/h2*3-4,7,12H,5-6H2,1-2H3;1H2. The summed E-state index contributed by atoms with van der Waals surface area (Å²) < 4.78 is 11.5. The van der Waals surface area contributed by atoms with Gasteiger partial charge in [0.2, 0.25) is 0 Å². The van der Waals surface area contributed by atoms with Crippen molar-refractivity contribution in [3.63, 3.8) is 0 Å². The molecule has 2 aromatic rings. The summed E-state index contributed by atoms with van der Waals surface area (Å²) in [4.78, 5) is 8.00. The topological polar surface area (TPSA) is 76.0 Å². The second-order valence-corrected chi connectivity index (χ2v) is 8.31. The molecule has 152 valence electrons. The van der Waals surface area contributed by atoms with Crippen molar-refractivity contribution in [2.75, 3.05) is 0 Å². The fourth-order valence-corrected chi connectivity index (χ4v) is 3.26. The molecule has 0 fully saturated rings. The first kappa shape index (κ1) is 21.6. The Kier molecular flexibility index (Phi) is 6.60. The van der Waals surface area contributed by atoms with Crippen molar-refractivity contribution in [1.82, 2.24) is 0 Å². The van der Waals surface area contributed by atoms with Gasteiger partial charge in [0.15, 0.2) is 0 Å². The third-order valence-electron chi connectivity index (χ3n) is 4.87. The molecular weight excluding hydrogens is 356 g/mol. The number of aromatic hydroxyl groups is 2. The first-order valence-electron chi connectivity index (χ1n) is 9.44. The molecule has 2 aliphatic rings. The van der Waals surface area contributed by atoms with E-state index in [0.717, 1.165) is 37.2 Å². The van der Waals surface area contributed by atoms with Gasteiger partial charge in [0.05, 0.1) is 0 Å². The van der Waals surface area contributed by atoms with Crippen molar-refractivity contribution in [2.45, 2.75) is 64.6 Å². The summed E-state index contributed by atoms with van der Waals surface area (Å²) in [5, 5.41) is 18.6. The molecule has 0 saturated carbocycles. The number of carbonyl (C=O) groups is 1. The fraction of sp³-hybridized carbons (Fsp3) is 0.435. The number of phenolic OH excluding ortho intramolecular Hbond substituents is 2. The molecular formula is C23H30O5. The van der Waals surface area contributed by atoms with Crippen LogP contribution in [-0.2, 0) is 17.6 Å². The number of phenols is 2. The first-order valence-corrected chi connectivity index (χ1v) is 9.44. The van der Waals surface area contributed by atoms with Gasteiger partial charge in [-0.1, -0.05) is 12.1 Å². The molecule has 2 N–H and O–H groups in total. The quantitative estimate of drug-likeness (QED) is 0.680. The molecule has 0 saturated heterocycles. The van der Waals surface area contributed by atoms with E-state index in [1.807, 2.05) is 18.9 Å². The number of ether oxygens (including phenoxy) is 2. The number of carbonyl (C=O) groups excluding carboxylic acids is 1. The monoisotopic (exact) mass is 386 g/mol. The van der Waals surface area contributed by atoms with E-state index in [1.165, 1.54) is 11.1 Å². The van der Waals surface area contributed by atoms with Gasteiger partial charge in [-0.3, -0.25) is 0 Å². The van der Waals surface area contributed by atoms with E-state index >= 15 is 0 Å². The Morgan fingerprint density at radius 3 is 1.46 bits per heavy atom. The molecule has 2 heterocycles. The summed E-state index contributed by atoms with van der Waals surface area (Å²) in [5.41, 5.74) is 2.19. The van der Waals surface area contributed by atoms with Crippen molar-refractivity contribution in [1.29, 1.82) is 0 Å². The maximum absolute atomic E-state index is 9.28. The van der Waals surface area contributed by atoms with Gasteiger partial charge in [-0.2, -0.15) is 0 Å². The molecule has 0 radical (unpaired) electrons. The Balaban J connectivity index is 0.000000184. The van der Waals surface area contributed by atoms with Crippen molar-refractivity contribution >= 4 is 6.79 Å². The highest BCUT2D eigenvalue weighted by molar-refractivity contribution is 5.42. The minimum Gasteiger partial charge on any atom is -0.508 e. The number of fused-ring (bicyclic) bond motifs is 2. The summed E-state index contributed by atoms with van der Waals surface area (Å²) >= 11 is 0. The van der Waals surface area contributed by atoms with E-state index in [-0.39, 0.29) is 22.7 Å². The summed E-state index contributed by atoms with van der Waals surface area (Å²) in [6, 6.07) is 10.7. The van der Waals surface area contributed by atoms with Crippen molar-refractivity contribution in [3.05, 3.63) is 47.5 Å². The predicted octanol–water partition coefficient (Wildman–Crippen LogP) is 4.81. The fourth-order valence-electron chi connectivity index (χ4n) is 3.26. The lowest BCUT2D eigenvalue weighted by Gasteiger charge is -2.32. The van der Waals surface area contributed by atoms with Crippen LogP contribution in [0.1, 0.15) is 51.7 Å². The zero-order valence-electron chi connectivity index (χ0n) is 17.1. The second kappa shape index (κ2) is 8.55. The lowest BCUT2D eigenvalue weighted by molar-refractivity contribution is -0.0980. The van der Waals surface area contributed by atoms with Crippen LogP contribution in [0.4, 0.5) is 0 Å². The molecule has 5 nitrogen and oxygen atoms in total. The maximum atomic E-state index is 9.28. The summed E-state index contributed by atoms with van der Waals surface area (Å²) in [6.45, 7) is 10.3. The highest BCUT2D eigenvalue weighted by Crippen LogP contribution is 2.35. The SMILES string of the molecule is C=O.CC1(C)CCc2ccc(O)cc2O1.CC1(C)CCc2ccc(O)cc2O1. The van der Waals surface area contributed by atoms with Gasteiger partial charge in [0, 0.05) is 12.1 Å². The molecule has 0 atom stereocenters. The van der Waals surface area contributed by atoms with Crippen LogP contribution >= 0.6 is 0 Å². The largest absolute Gasteiger partial charge is 0.508 e. The molecule has 0 bridgehead atoms. The Labute approximate surface area is 166 Å². The van der Waals surface area contributed by atoms with Crippen molar-refractivity contribution in [3.8, 4) is 23.0 Å². The van der Waals surface area contributed by atoms with E-state index in [0.29, 0.717) is 0 Å². The highest BCUT2D eigenvalue weighted by Gasteiger charge is 2.27. The van der Waals surface area contributed by atoms with Crippen LogP contribution in [0.5, 0.6) is 23.0 Å². The van der Waals surface area contributed by atoms with E-state index < -0.39 is 0 Å². The zero-order chi connectivity index (χ0) is 20.9. The average Bonchev–Trinajstić information content (AvgIpc) is 2.61. The maximum Gasteiger partial charge on any atom is 0.126 e. The zero-order valence-corrected chi connectivity index (χ0v) is 17.1. The van der Waals surface area contributed by atoms with Crippen LogP contribution in [0, 0.1) is 0 Å². The molecule has 5 heteroatoms. The lowest BCUT2D eigenvalue weighted by atomic mass is 9.94. The number of hydrogen-bond acceptors (Lipinski definition) is 5. The minimum atomic E-state index is -0.0964. The van der Waals surface area contributed by atoms with Crippen molar-refractivity contribution in [2.24, 2.45) is 0 Å². The van der Waals surface area contributed by atoms with Gasteiger partial charge < -0.3 is 24.5 Å². The number of aryl methyl sites for hydroxylation is 2. The van der Waals surface area contributed by atoms with Gasteiger partial charge in [-0.25, -0.2) is 0 Å². The van der Waals surface area contributed by atoms with Gasteiger partial charge >= 0.3 is 0 Å². The van der Waals surface area contributed by atoms with Crippen LogP contribution in [0.15, 0.2) is 36.4 Å². The number of rotatable bonds is 0. The molecule has 2 aromatic carbocycles. The second-order valence-electron chi connectivity index (χ2n) is 8.31. The third kappa shape index (κ3) is 5.65. The first-order chi connectivity index (χ1) is 13.1. The van der Waals surface area contributed by atoms with Gasteiger partial charge in [-0.15, -0.1) is 0 Å². The van der Waals surface area contributed by atoms with E-state index in [9.17, 15) is 10.2 Å². The van der Waals surface area contributed by atoms with Crippen LogP contribution in [0.25, 0.3) is 0 Å². The van der Waals surface area contributed by atoms with Crippen LogP contribution in [-0.4, -0.2) is 28.2 Å². The van der Waals surface area contributed by atoms with E-state index in [1.54, 1.807) is 24.3 Å². The Morgan fingerprint density at radius 2 is 1.11 bits per heavy atom. The molecule has 0 amide bonds. The van der Waals surface area contributed by atoms with Crippen molar-refractivity contribution < 1.29 is 24.5 Å². The molecule has 0 unspecified atom stereocenters. The lowest BCUT2D eigenvalue weighted by Crippen LogP contribution is -2.32. The van der Waals surface area contributed by atoms with Crippen LogP contribution in [0.3, 0.4) is 0 Å². The molecule has 2 aliphatic heterocycles. The summed E-state index contributed by atoms with van der Waals surface area (Å²) in [7, 11) is 0. The smallest absolute Gasteiger partial charge is 0.126 e. The Bertz CT molecular complexity index is 743. The Hall–Kier alpha value is -2.69. The van der Waals surface area contributed by atoms with Crippen LogP contribution in [0.2, 0.25) is 0 Å². The summed E-state index contributed by atoms with van der Waals surface area (Å²) in [5.74, 6) is 2.21. The average molecular weight is 386 g/mol. The highest BCUT2D eigenvalue weighted by atomic mass is 16.5.